The van der Waals surface area contributed by atoms with Crippen molar-refractivity contribution >= 4 is 28.6 Å². The predicted octanol–water partition coefficient (Wildman–Crippen LogP) is 1.31. The first-order valence-corrected chi connectivity index (χ1v) is 10.3. The number of hydrogen-bond donors (Lipinski definition) is 2. The number of nitrogen functional groups attached to an aromatic ring is 1. The van der Waals surface area contributed by atoms with Crippen LogP contribution in [0.25, 0.3) is 22.3 Å². The van der Waals surface area contributed by atoms with Crippen LogP contribution in [0.5, 0.6) is 5.75 Å². The molecule has 0 spiro atoms. The number of amides is 1. The van der Waals surface area contributed by atoms with E-state index in [9.17, 15) is 27.9 Å². The summed E-state index contributed by atoms with van der Waals surface area (Å²) in [7, 11) is 2.66. The van der Waals surface area contributed by atoms with Gasteiger partial charge in [0.15, 0.2) is 11.9 Å². The zero-order valence-corrected chi connectivity index (χ0v) is 18.8. The highest BCUT2D eigenvalue weighted by Gasteiger charge is 2.56. The van der Waals surface area contributed by atoms with Gasteiger partial charge in [-0.15, -0.1) is 0 Å². The first kappa shape index (κ1) is 24.7. The maximum Gasteiger partial charge on any atom is 0.490 e. The Kier molecular flexibility index (Phi) is 6.15. The molecule has 1 aliphatic heterocycles. The number of nitrogens with two attached hydrogens (primary N) is 1. The molecule has 2 aromatic heterocycles. The van der Waals surface area contributed by atoms with Gasteiger partial charge in [0.05, 0.1) is 30.9 Å². The Bertz CT molecular complexity index is 1440. The van der Waals surface area contributed by atoms with Gasteiger partial charge in [-0.05, 0) is 30.2 Å². The van der Waals surface area contributed by atoms with Crippen LogP contribution in [0.3, 0.4) is 0 Å². The summed E-state index contributed by atoms with van der Waals surface area (Å²) in [6.45, 7) is -0.474. The molecule has 1 unspecified atom stereocenters. The van der Waals surface area contributed by atoms with Crippen LogP contribution in [0.4, 0.5) is 19.0 Å². The Hall–Kier alpha value is -4.44. The summed E-state index contributed by atoms with van der Waals surface area (Å²) in [4.78, 5) is 37.5. The number of pyridine rings is 1. The van der Waals surface area contributed by atoms with Gasteiger partial charge in [-0.2, -0.15) is 13.2 Å². The molecule has 1 aliphatic rings. The van der Waals surface area contributed by atoms with Gasteiger partial charge in [-0.25, -0.2) is 14.8 Å². The minimum atomic E-state index is -5.30. The molecule has 1 aromatic carbocycles. The van der Waals surface area contributed by atoms with E-state index in [0.29, 0.717) is 22.2 Å². The number of carbonyl (C=O) groups is 2. The van der Waals surface area contributed by atoms with Gasteiger partial charge in [-0.1, -0.05) is 5.92 Å². The van der Waals surface area contributed by atoms with Gasteiger partial charge in [0, 0.05) is 24.2 Å². The SMILES string of the molecule is COc1ccc(C#C[C@]2(O)C(=O)N(C)CC2OC(=O)C(F)(F)F)cc1-c1nc(N)c2ccncc2n1. The minimum absolute atomic E-state index is 0.181. The fourth-order valence-corrected chi connectivity index (χ4v) is 3.60. The second-order valence-electron chi connectivity index (χ2n) is 7.83. The molecule has 0 radical (unpaired) electrons. The fourth-order valence-electron chi connectivity index (χ4n) is 3.60. The van der Waals surface area contributed by atoms with Crippen molar-refractivity contribution in [3.05, 3.63) is 42.2 Å². The van der Waals surface area contributed by atoms with Crippen molar-refractivity contribution in [1.29, 1.82) is 0 Å². The summed E-state index contributed by atoms with van der Waals surface area (Å²) >= 11 is 0. The van der Waals surface area contributed by atoms with Crippen LogP contribution in [0.15, 0.2) is 36.7 Å². The van der Waals surface area contributed by atoms with Gasteiger partial charge in [0.25, 0.3) is 5.91 Å². The van der Waals surface area contributed by atoms with E-state index in [0.717, 1.165) is 4.90 Å². The molecule has 186 valence electrons. The number of benzene rings is 1. The first-order valence-electron chi connectivity index (χ1n) is 10.3. The number of methoxy groups -OCH3 is 1. The number of fused-ring (bicyclic) bond motifs is 1. The van der Waals surface area contributed by atoms with E-state index >= 15 is 0 Å². The van der Waals surface area contributed by atoms with E-state index in [1.807, 2.05) is 0 Å². The molecule has 1 fully saturated rings. The lowest BCUT2D eigenvalue weighted by molar-refractivity contribution is -0.209. The van der Waals surface area contributed by atoms with E-state index in [4.69, 9.17) is 10.5 Å². The number of alkyl halides is 3. The monoisotopic (exact) mass is 501 g/mol. The Morgan fingerprint density at radius 1 is 1.31 bits per heavy atom. The molecule has 2 atom stereocenters. The molecule has 0 bridgehead atoms. The van der Waals surface area contributed by atoms with E-state index < -0.39 is 36.3 Å². The molecule has 1 amide bonds. The maximum atomic E-state index is 12.7. The zero-order chi connectivity index (χ0) is 26.3. The molecule has 4 rings (SSSR count). The number of carbonyl (C=O) groups excluding carboxylic acids is 2. The number of aliphatic hydroxyl groups is 1. The number of nitrogens with zero attached hydrogens (tertiary/aromatic N) is 4. The normalized spacial score (nSPS) is 19.7. The van der Waals surface area contributed by atoms with Crippen molar-refractivity contribution in [1.82, 2.24) is 19.9 Å². The highest BCUT2D eigenvalue weighted by molar-refractivity contribution is 5.93. The molecule has 1 saturated heterocycles. The average Bonchev–Trinajstić information content (AvgIpc) is 3.05. The first-order chi connectivity index (χ1) is 16.9. The van der Waals surface area contributed by atoms with Crippen molar-refractivity contribution in [3.8, 4) is 29.0 Å². The molecule has 13 heteroatoms. The van der Waals surface area contributed by atoms with Crippen LogP contribution < -0.4 is 10.5 Å². The highest BCUT2D eigenvalue weighted by atomic mass is 19.4. The third-order valence-corrected chi connectivity index (χ3v) is 5.43. The van der Waals surface area contributed by atoms with Gasteiger partial charge < -0.3 is 25.2 Å². The number of likely N-dealkylation sites (N-methyl/N-ethyl adjacent to an activating group) is 1. The van der Waals surface area contributed by atoms with Crippen molar-refractivity contribution in [3.63, 3.8) is 0 Å². The lowest BCUT2D eigenvalue weighted by Gasteiger charge is -2.21. The Balaban J connectivity index is 1.73. The van der Waals surface area contributed by atoms with Crippen LogP contribution in [-0.4, -0.2) is 75.4 Å². The third-order valence-electron chi connectivity index (χ3n) is 5.43. The summed E-state index contributed by atoms with van der Waals surface area (Å²) in [5, 5.41) is 11.4. The van der Waals surface area contributed by atoms with E-state index in [-0.39, 0.29) is 17.2 Å². The molecule has 10 nitrogen and oxygen atoms in total. The lowest BCUT2D eigenvalue weighted by atomic mass is 9.99. The number of rotatable bonds is 3. The van der Waals surface area contributed by atoms with Crippen LogP contribution in [-0.2, 0) is 14.3 Å². The fraction of sp³-hybridized carbons (Fsp3) is 0.261. The number of halogens is 3. The van der Waals surface area contributed by atoms with Crippen molar-refractivity contribution in [2.45, 2.75) is 17.9 Å². The summed E-state index contributed by atoms with van der Waals surface area (Å²) in [6, 6.07) is 6.17. The van der Waals surface area contributed by atoms with Gasteiger partial charge in [0.2, 0.25) is 5.60 Å². The van der Waals surface area contributed by atoms with Crippen molar-refractivity contribution in [2.75, 3.05) is 26.4 Å². The molecule has 3 heterocycles. The van der Waals surface area contributed by atoms with Crippen molar-refractivity contribution < 1.29 is 37.3 Å². The summed E-state index contributed by atoms with van der Waals surface area (Å²) in [5.74, 6) is 2.01. The zero-order valence-electron chi connectivity index (χ0n) is 18.8. The van der Waals surface area contributed by atoms with Crippen LogP contribution in [0.1, 0.15) is 5.56 Å². The summed E-state index contributed by atoms with van der Waals surface area (Å²) < 4.78 is 47.8. The number of ether oxygens (including phenoxy) is 2. The van der Waals surface area contributed by atoms with Crippen molar-refractivity contribution in [2.24, 2.45) is 0 Å². The number of aromatic nitrogens is 3. The topological polar surface area (TPSA) is 141 Å². The Morgan fingerprint density at radius 2 is 2.06 bits per heavy atom. The Morgan fingerprint density at radius 3 is 2.75 bits per heavy atom. The second kappa shape index (κ2) is 8.97. The third kappa shape index (κ3) is 4.46. The number of esters is 1. The quantitative estimate of drug-likeness (QED) is 0.401. The molecular weight excluding hydrogens is 483 g/mol. The van der Waals surface area contributed by atoms with E-state index in [2.05, 4.69) is 31.5 Å². The minimum Gasteiger partial charge on any atom is -0.496 e. The van der Waals surface area contributed by atoms with E-state index in [1.165, 1.54) is 38.6 Å². The molecule has 36 heavy (non-hydrogen) atoms. The average molecular weight is 501 g/mol. The highest BCUT2D eigenvalue weighted by Crippen LogP contribution is 2.32. The summed E-state index contributed by atoms with van der Waals surface area (Å²) in [6.07, 6.45) is -4.11. The number of hydrogen-bond acceptors (Lipinski definition) is 9. The molecule has 0 aliphatic carbocycles. The molecule has 3 N–H and O–H groups in total. The smallest absolute Gasteiger partial charge is 0.490 e. The molecule has 0 saturated carbocycles. The number of anilines is 1. The molecule has 3 aromatic rings. The van der Waals surface area contributed by atoms with Crippen LogP contribution in [0.2, 0.25) is 0 Å². The van der Waals surface area contributed by atoms with Crippen LogP contribution in [0, 0.1) is 11.8 Å². The Labute approximate surface area is 201 Å². The van der Waals surface area contributed by atoms with Gasteiger partial charge in [-0.3, -0.25) is 9.78 Å². The largest absolute Gasteiger partial charge is 0.496 e. The number of likely N-dealkylation sites (tertiary alicyclic amines) is 1. The van der Waals surface area contributed by atoms with Crippen LogP contribution >= 0.6 is 0 Å². The summed E-state index contributed by atoms with van der Waals surface area (Å²) in [5.41, 5.74) is 4.43. The maximum absolute atomic E-state index is 12.7. The van der Waals surface area contributed by atoms with Gasteiger partial charge >= 0.3 is 12.1 Å². The second-order valence-corrected chi connectivity index (χ2v) is 7.83. The predicted molar refractivity (Wildman–Crippen MR) is 119 cm³/mol. The van der Waals surface area contributed by atoms with E-state index in [1.54, 1.807) is 12.3 Å². The molecular formula is C23H18F3N5O5. The standard InChI is InChI=1S/C23H18F3N5O5/c1-31-11-17(36-21(33)23(24,25)26)22(34,20(31)32)7-5-12-3-4-16(35-2)14(9-12)19-29-15-10-28-8-6-13(15)18(27)30-19/h3-4,6,8-10,17,34H,11H2,1-2H3,(H2,27,29,30)/t17?,22-/m1/s1. The lowest BCUT2D eigenvalue weighted by Crippen LogP contribution is -2.47. The van der Waals surface area contributed by atoms with Gasteiger partial charge in [0.1, 0.15) is 11.6 Å².